The number of alkyl halides is 1. The highest BCUT2D eigenvalue weighted by atomic mass is 35.5. The zero-order chi connectivity index (χ0) is 13.2. The molecule has 102 valence electrons. The van der Waals surface area contributed by atoms with Crippen LogP contribution >= 0.6 is 11.6 Å². The maximum atomic E-state index is 5.82. The number of hydrogen-bond donors (Lipinski definition) is 1. The van der Waals surface area contributed by atoms with Gasteiger partial charge in [-0.05, 0) is 43.0 Å². The maximum absolute atomic E-state index is 5.82. The van der Waals surface area contributed by atoms with Crippen molar-refractivity contribution in [1.82, 2.24) is 5.32 Å². The van der Waals surface area contributed by atoms with Crippen LogP contribution in [0.5, 0.6) is 5.75 Å². The first-order valence-electron chi connectivity index (χ1n) is 6.69. The highest BCUT2D eigenvalue weighted by Gasteiger charge is 2.06. The molecule has 1 aromatic rings. The molecule has 0 fully saturated rings. The van der Waals surface area contributed by atoms with Crippen LogP contribution in [0.3, 0.4) is 0 Å². The van der Waals surface area contributed by atoms with Crippen LogP contribution in [0.1, 0.15) is 31.7 Å². The predicted octanol–water partition coefficient (Wildman–Crippen LogP) is 3.83. The summed E-state index contributed by atoms with van der Waals surface area (Å²) in [5.41, 5.74) is 1.26. The fourth-order valence-electron chi connectivity index (χ4n) is 2.11. The Morgan fingerprint density at radius 3 is 2.83 bits per heavy atom. The average molecular weight is 270 g/mol. The van der Waals surface area contributed by atoms with E-state index in [-0.39, 0.29) is 0 Å². The van der Waals surface area contributed by atoms with Crippen molar-refractivity contribution in [2.45, 2.75) is 32.7 Å². The molecule has 0 aliphatic heterocycles. The van der Waals surface area contributed by atoms with Crippen LogP contribution in [0.4, 0.5) is 0 Å². The lowest BCUT2D eigenvalue weighted by molar-refractivity contribution is 0.412. The van der Waals surface area contributed by atoms with Gasteiger partial charge in [-0.1, -0.05) is 25.5 Å². The van der Waals surface area contributed by atoms with E-state index in [9.17, 15) is 0 Å². The highest BCUT2D eigenvalue weighted by molar-refractivity contribution is 6.17. The first kappa shape index (κ1) is 15.3. The van der Waals surface area contributed by atoms with Gasteiger partial charge in [-0.15, -0.1) is 11.6 Å². The minimum atomic E-state index is 0.693. The van der Waals surface area contributed by atoms with Gasteiger partial charge in [0.1, 0.15) is 5.75 Å². The first-order chi connectivity index (χ1) is 8.80. The third-order valence-corrected chi connectivity index (χ3v) is 3.33. The van der Waals surface area contributed by atoms with Gasteiger partial charge in [0.25, 0.3) is 0 Å². The summed E-state index contributed by atoms with van der Waals surface area (Å²) in [6, 6.07) is 8.18. The van der Waals surface area contributed by atoms with Crippen LogP contribution in [-0.2, 0) is 6.54 Å². The van der Waals surface area contributed by atoms with E-state index in [2.05, 4.69) is 24.4 Å². The molecule has 1 atom stereocenters. The molecule has 0 saturated heterocycles. The molecule has 0 aromatic heterocycles. The Labute approximate surface area is 116 Å². The second kappa shape index (κ2) is 9.23. The zero-order valence-corrected chi connectivity index (χ0v) is 12.2. The average Bonchev–Trinajstić information content (AvgIpc) is 2.39. The molecule has 0 bridgehead atoms. The smallest absolute Gasteiger partial charge is 0.119 e. The first-order valence-corrected chi connectivity index (χ1v) is 7.23. The van der Waals surface area contributed by atoms with Crippen LogP contribution in [0, 0.1) is 5.92 Å². The van der Waals surface area contributed by atoms with E-state index in [0.29, 0.717) is 5.92 Å². The molecule has 0 radical (unpaired) electrons. The van der Waals surface area contributed by atoms with Crippen LogP contribution in [-0.4, -0.2) is 19.5 Å². The van der Waals surface area contributed by atoms with Crippen molar-refractivity contribution in [2.24, 2.45) is 5.92 Å². The molecular formula is C15H24ClNO. The van der Waals surface area contributed by atoms with E-state index in [1.807, 2.05) is 12.1 Å². The number of hydrogen-bond acceptors (Lipinski definition) is 2. The van der Waals surface area contributed by atoms with Gasteiger partial charge in [-0.3, -0.25) is 0 Å². The molecule has 1 N–H and O–H groups in total. The van der Waals surface area contributed by atoms with Gasteiger partial charge in [0.15, 0.2) is 0 Å². The van der Waals surface area contributed by atoms with Crippen molar-refractivity contribution in [2.75, 3.05) is 19.5 Å². The number of halogens is 1. The van der Waals surface area contributed by atoms with Gasteiger partial charge in [0.05, 0.1) is 7.11 Å². The Morgan fingerprint density at radius 1 is 1.33 bits per heavy atom. The summed E-state index contributed by atoms with van der Waals surface area (Å²) in [5, 5.41) is 3.51. The van der Waals surface area contributed by atoms with Crippen molar-refractivity contribution >= 4 is 11.6 Å². The monoisotopic (exact) mass is 269 g/mol. The molecule has 0 aliphatic rings. The number of nitrogens with one attached hydrogen (secondary N) is 1. The predicted molar refractivity (Wildman–Crippen MR) is 78.4 cm³/mol. The molecule has 1 rings (SSSR count). The summed E-state index contributed by atoms with van der Waals surface area (Å²) < 4.78 is 5.21. The second-order valence-corrected chi connectivity index (χ2v) is 4.99. The van der Waals surface area contributed by atoms with E-state index in [1.165, 1.54) is 18.4 Å². The summed E-state index contributed by atoms with van der Waals surface area (Å²) in [6.45, 7) is 4.15. The maximum Gasteiger partial charge on any atom is 0.119 e. The third-order valence-electron chi connectivity index (χ3n) is 3.11. The molecule has 0 saturated carbocycles. The lowest BCUT2D eigenvalue weighted by Gasteiger charge is -2.15. The van der Waals surface area contributed by atoms with Gasteiger partial charge >= 0.3 is 0 Å². The van der Waals surface area contributed by atoms with Gasteiger partial charge < -0.3 is 10.1 Å². The number of benzene rings is 1. The zero-order valence-electron chi connectivity index (χ0n) is 11.4. The van der Waals surface area contributed by atoms with Gasteiger partial charge in [0.2, 0.25) is 0 Å². The third kappa shape index (κ3) is 5.74. The quantitative estimate of drug-likeness (QED) is 0.688. The lowest BCUT2D eigenvalue weighted by atomic mass is 10.0. The normalized spacial score (nSPS) is 12.4. The largest absolute Gasteiger partial charge is 0.497 e. The number of methoxy groups -OCH3 is 1. The molecule has 0 amide bonds. The molecule has 2 nitrogen and oxygen atoms in total. The van der Waals surface area contributed by atoms with E-state index in [0.717, 1.165) is 31.1 Å². The molecule has 1 aromatic carbocycles. The Hall–Kier alpha value is -0.730. The Bertz CT molecular complexity index is 324. The Morgan fingerprint density at radius 2 is 2.17 bits per heavy atom. The van der Waals surface area contributed by atoms with E-state index in [1.54, 1.807) is 7.11 Å². The minimum absolute atomic E-state index is 0.693. The molecule has 0 heterocycles. The van der Waals surface area contributed by atoms with E-state index < -0.39 is 0 Å². The van der Waals surface area contributed by atoms with Gasteiger partial charge in [0, 0.05) is 12.4 Å². The Kier molecular flexibility index (Phi) is 7.86. The van der Waals surface area contributed by atoms with Crippen molar-refractivity contribution < 1.29 is 4.74 Å². The molecule has 1 unspecified atom stereocenters. The van der Waals surface area contributed by atoms with Crippen LogP contribution in [0.15, 0.2) is 24.3 Å². The second-order valence-electron chi connectivity index (χ2n) is 4.61. The topological polar surface area (TPSA) is 21.3 Å². The summed E-state index contributed by atoms with van der Waals surface area (Å²) in [5.74, 6) is 2.36. The van der Waals surface area contributed by atoms with Crippen LogP contribution < -0.4 is 10.1 Å². The number of ether oxygens (including phenoxy) is 1. The molecular weight excluding hydrogens is 246 g/mol. The SMILES string of the molecule is CCCC(CCCl)CNCc1cccc(OC)c1. The van der Waals surface area contributed by atoms with Crippen LogP contribution in [0.2, 0.25) is 0 Å². The van der Waals surface area contributed by atoms with Crippen molar-refractivity contribution in [3.05, 3.63) is 29.8 Å². The summed E-state index contributed by atoms with van der Waals surface area (Å²) >= 11 is 5.82. The standard InChI is InChI=1S/C15H24ClNO/c1-3-5-13(8-9-16)11-17-12-14-6-4-7-15(10-14)18-2/h4,6-7,10,13,17H,3,5,8-9,11-12H2,1-2H3. The van der Waals surface area contributed by atoms with Crippen LogP contribution in [0.25, 0.3) is 0 Å². The minimum Gasteiger partial charge on any atom is -0.497 e. The fraction of sp³-hybridized carbons (Fsp3) is 0.600. The number of rotatable bonds is 9. The van der Waals surface area contributed by atoms with Crippen molar-refractivity contribution in [3.63, 3.8) is 0 Å². The summed E-state index contributed by atoms with van der Waals surface area (Å²) in [6.07, 6.45) is 3.57. The van der Waals surface area contributed by atoms with Gasteiger partial charge in [-0.25, -0.2) is 0 Å². The van der Waals surface area contributed by atoms with Gasteiger partial charge in [-0.2, -0.15) is 0 Å². The highest BCUT2D eigenvalue weighted by Crippen LogP contribution is 2.14. The molecule has 18 heavy (non-hydrogen) atoms. The van der Waals surface area contributed by atoms with E-state index >= 15 is 0 Å². The molecule has 0 spiro atoms. The van der Waals surface area contributed by atoms with Crippen molar-refractivity contribution in [3.8, 4) is 5.75 Å². The fourth-order valence-corrected chi connectivity index (χ4v) is 2.42. The van der Waals surface area contributed by atoms with E-state index in [4.69, 9.17) is 16.3 Å². The summed E-state index contributed by atoms with van der Waals surface area (Å²) in [7, 11) is 1.70. The molecule has 0 aliphatic carbocycles. The van der Waals surface area contributed by atoms with Crippen molar-refractivity contribution in [1.29, 1.82) is 0 Å². The lowest BCUT2D eigenvalue weighted by Crippen LogP contribution is -2.22. The Balaban J connectivity index is 2.34. The summed E-state index contributed by atoms with van der Waals surface area (Å²) in [4.78, 5) is 0. The molecule has 3 heteroatoms.